The van der Waals surface area contributed by atoms with Crippen LogP contribution in [-0.4, -0.2) is 40.6 Å². The molecule has 9 heteroatoms. The molecule has 4 N–H and O–H groups in total. The summed E-state index contributed by atoms with van der Waals surface area (Å²) in [6.45, 7) is 1.79. The van der Waals surface area contributed by atoms with Crippen LogP contribution < -0.4 is 11.1 Å². The minimum atomic E-state index is -1.29. The highest BCUT2D eigenvalue weighted by molar-refractivity contribution is 14.1. The average Bonchev–Trinajstić information content (AvgIpc) is 2.63. The smallest absolute Gasteiger partial charge is 0.256 e. The molecule has 1 aliphatic heterocycles. The lowest BCUT2D eigenvalue weighted by Crippen LogP contribution is -2.70. The normalized spacial score (nSPS) is 16.5. The molecule has 1 aliphatic rings. The van der Waals surface area contributed by atoms with Gasteiger partial charge in [0.2, 0.25) is 0 Å². The summed E-state index contributed by atoms with van der Waals surface area (Å²) in [5.74, 6) is -3.73. The van der Waals surface area contributed by atoms with Gasteiger partial charge in [0.15, 0.2) is 11.6 Å². The molecule has 28 heavy (non-hydrogen) atoms. The van der Waals surface area contributed by atoms with Gasteiger partial charge in [0.05, 0.1) is 30.0 Å². The number of carbonyl (C=O) groups is 1. The summed E-state index contributed by atoms with van der Waals surface area (Å²) in [7, 11) is 0. The fourth-order valence-corrected chi connectivity index (χ4v) is 3.57. The number of hydrogen-bond acceptors (Lipinski definition) is 4. The number of anilines is 2. The molecule has 0 saturated carbocycles. The monoisotopic (exact) mass is 505 g/mol. The molecule has 3 rings (SSSR count). The van der Waals surface area contributed by atoms with Crippen LogP contribution >= 0.6 is 22.6 Å². The van der Waals surface area contributed by atoms with Crippen molar-refractivity contribution in [3.8, 4) is 0 Å². The number of benzene rings is 2. The Hall–Kier alpha value is -1.85. The second kappa shape index (κ2) is 7.88. The Labute approximate surface area is 173 Å². The molecule has 1 atom stereocenters. The van der Waals surface area contributed by atoms with Crippen LogP contribution in [0.3, 0.4) is 0 Å². The lowest BCUT2D eigenvalue weighted by molar-refractivity contribution is -0.0971. The highest BCUT2D eigenvalue weighted by Crippen LogP contribution is 2.32. The summed E-state index contributed by atoms with van der Waals surface area (Å²) in [5.41, 5.74) is 3.95. The van der Waals surface area contributed by atoms with Crippen molar-refractivity contribution in [2.24, 2.45) is 5.73 Å². The number of amides is 1. The molecule has 1 amide bonds. The molecule has 0 aromatic heterocycles. The Morgan fingerprint density at radius 1 is 1.29 bits per heavy atom. The van der Waals surface area contributed by atoms with Gasteiger partial charge in [-0.3, -0.25) is 4.79 Å². The van der Waals surface area contributed by atoms with E-state index in [-0.39, 0.29) is 24.3 Å². The molecule has 5 nitrogen and oxygen atoms in total. The van der Waals surface area contributed by atoms with E-state index >= 15 is 0 Å². The fraction of sp³-hybridized carbons (Fsp3) is 0.316. The molecule has 0 bridgehead atoms. The first kappa shape index (κ1) is 20.9. The number of halogens is 4. The number of hydrogen-bond donors (Lipinski definition) is 3. The molecule has 0 radical (unpaired) electrons. The van der Waals surface area contributed by atoms with Crippen LogP contribution in [0.5, 0.6) is 0 Å². The molecule has 0 unspecified atom stereocenters. The SMILES string of the molecule is CC[C@@H](N)C1(O)CN(C(=O)c2ccc(F)c(F)c2Nc2ccc(I)cc2F)C1. The first-order valence-electron chi connectivity index (χ1n) is 8.63. The third kappa shape index (κ3) is 3.83. The van der Waals surface area contributed by atoms with Gasteiger partial charge in [-0.05, 0) is 59.3 Å². The summed E-state index contributed by atoms with van der Waals surface area (Å²) in [6, 6.07) is 5.65. The van der Waals surface area contributed by atoms with Gasteiger partial charge in [-0.1, -0.05) is 6.92 Å². The van der Waals surface area contributed by atoms with E-state index in [1.165, 1.54) is 17.0 Å². The second-order valence-electron chi connectivity index (χ2n) is 6.81. The number of nitrogens with zero attached hydrogens (tertiary/aromatic N) is 1. The Kier molecular flexibility index (Phi) is 5.87. The molecular weight excluding hydrogens is 486 g/mol. The van der Waals surface area contributed by atoms with E-state index in [4.69, 9.17) is 5.73 Å². The van der Waals surface area contributed by atoms with Crippen molar-refractivity contribution in [2.75, 3.05) is 18.4 Å². The molecule has 150 valence electrons. The number of aliphatic hydroxyl groups is 1. The van der Waals surface area contributed by atoms with Crippen molar-refractivity contribution in [1.29, 1.82) is 0 Å². The van der Waals surface area contributed by atoms with Crippen molar-refractivity contribution in [3.63, 3.8) is 0 Å². The predicted octanol–water partition coefficient (Wildman–Crippen LogP) is 3.38. The molecular formula is C19H19F3IN3O2. The number of β-amino-alcohol motifs (C(OH)–C–C–N with tert-alkyl or cyclic N) is 1. The van der Waals surface area contributed by atoms with Gasteiger partial charge in [0, 0.05) is 9.61 Å². The minimum absolute atomic E-state index is 0.0167. The largest absolute Gasteiger partial charge is 0.385 e. The van der Waals surface area contributed by atoms with E-state index in [1.807, 2.05) is 29.5 Å². The van der Waals surface area contributed by atoms with E-state index in [0.29, 0.717) is 9.99 Å². The standard InChI is InChI=1S/C19H19F3IN3O2/c1-2-15(24)19(28)8-26(9-19)18(27)11-4-5-12(20)16(22)17(11)25-14-6-3-10(23)7-13(14)21/h3-7,15,25,28H,2,8-9,24H2,1H3/t15-/m1/s1. The van der Waals surface area contributed by atoms with Crippen molar-refractivity contribution in [1.82, 2.24) is 4.90 Å². The maximum absolute atomic E-state index is 14.4. The number of nitrogens with two attached hydrogens (primary N) is 1. The molecule has 0 aliphatic carbocycles. The molecule has 2 aromatic carbocycles. The molecule has 0 spiro atoms. The van der Waals surface area contributed by atoms with Gasteiger partial charge in [0.25, 0.3) is 5.91 Å². The molecule has 2 aromatic rings. The van der Waals surface area contributed by atoms with Crippen LogP contribution in [0.2, 0.25) is 0 Å². The minimum Gasteiger partial charge on any atom is -0.385 e. The van der Waals surface area contributed by atoms with E-state index in [2.05, 4.69) is 5.32 Å². The first-order chi connectivity index (χ1) is 13.2. The number of rotatable bonds is 5. The average molecular weight is 505 g/mol. The van der Waals surface area contributed by atoms with Gasteiger partial charge in [-0.2, -0.15) is 0 Å². The Balaban J connectivity index is 1.90. The number of likely N-dealkylation sites (tertiary alicyclic amines) is 1. The number of nitrogens with one attached hydrogen (secondary N) is 1. The van der Waals surface area contributed by atoms with Crippen molar-refractivity contribution < 1.29 is 23.1 Å². The summed E-state index contributed by atoms with van der Waals surface area (Å²) >= 11 is 1.92. The summed E-state index contributed by atoms with van der Waals surface area (Å²) in [5, 5.41) is 12.9. The second-order valence-corrected chi connectivity index (χ2v) is 8.06. The predicted molar refractivity (Wildman–Crippen MR) is 108 cm³/mol. The Morgan fingerprint density at radius 3 is 2.57 bits per heavy atom. The van der Waals surface area contributed by atoms with Crippen LogP contribution in [0.25, 0.3) is 0 Å². The first-order valence-corrected chi connectivity index (χ1v) is 9.71. The van der Waals surface area contributed by atoms with Gasteiger partial charge < -0.3 is 21.1 Å². The van der Waals surface area contributed by atoms with Gasteiger partial charge in [0.1, 0.15) is 11.4 Å². The zero-order valence-corrected chi connectivity index (χ0v) is 17.1. The highest BCUT2D eigenvalue weighted by Gasteiger charge is 2.47. The topological polar surface area (TPSA) is 78.6 Å². The van der Waals surface area contributed by atoms with Crippen LogP contribution in [-0.2, 0) is 0 Å². The lowest BCUT2D eigenvalue weighted by Gasteiger charge is -2.49. The Morgan fingerprint density at radius 2 is 1.96 bits per heavy atom. The van der Waals surface area contributed by atoms with Gasteiger partial charge >= 0.3 is 0 Å². The lowest BCUT2D eigenvalue weighted by atomic mass is 9.84. The zero-order chi connectivity index (χ0) is 20.6. The van der Waals surface area contributed by atoms with Crippen molar-refractivity contribution in [3.05, 3.63) is 56.9 Å². The van der Waals surface area contributed by atoms with Crippen LogP contribution in [0, 0.1) is 21.0 Å². The van der Waals surface area contributed by atoms with Crippen LogP contribution in [0.15, 0.2) is 30.3 Å². The third-order valence-corrected chi connectivity index (χ3v) is 5.53. The van der Waals surface area contributed by atoms with E-state index in [0.717, 1.165) is 12.1 Å². The molecule has 1 heterocycles. The van der Waals surface area contributed by atoms with E-state index in [1.54, 1.807) is 6.07 Å². The van der Waals surface area contributed by atoms with Crippen molar-refractivity contribution >= 4 is 39.9 Å². The van der Waals surface area contributed by atoms with Gasteiger partial charge in [-0.25, -0.2) is 13.2 Å². The Bertz CT molecular complexity index is 920. The third-order valence-electron chi connectivity index (χ3n) is 4.86. The van der Waals surface area contributed by atoms with Gasteiger partial charge in [-0.15, -0.1) is 0 Å². The van der Waals surface area contributed by atoms with Crippen LogP contribution in [0.1, 0.15) is 23.7 Å². The fourth-order valence-electron chi connectivity index (χ4n) is 3.12. The quantitative estimate of drug-likeness (QED) is 0.545. The molecule has 1 fully saturated rings. The summed E-state index contributed by atoms with van der Waals surface area (Å²) in [6.07, 6.45) is 0.530. The highest BCUT2D eigenvalue weighted by atomic mass is 127. The zero-order valence-electron chi connectivity index (χ0n) is 15.0. The molecule has 1 saturated heterocycles. The summed E-state index contributed by atoms with van der Waals surface area (Å²) in [4.78, 5) is 14.1. The maximum atomic E-state index is 14.4. The maximum Gasteiger partial charge on any atom is 0.256 e. The summed E-state index contributed by atoms with van der Waals surface area (Å²) < 4.78 is 43.0. The van der Waals surface area contributed by atoms with Crippen molar-refractivity contribution in [2.45, 2.75) is 25.0 Å². The number of carbonyl (C=O) groups excluding carboxylic acids is 1. The van der Waals surface area contributed by atoms with E-state index < -0.39 is 40.7 Å². The van der Waals surface area contributed by atoms with E-state index in [9.17, 15) is 23.1 Å². The van der Waals surface area contributed by atoms with Crippen LogP contribution in [0.4, 0.5) is 24.5 Å².